The van der Waals surface area contributed by atoms with Crippen LogP contribution in [0.2, 0.25) is 0 Å². The van der Waals surface area contributed by atoms with Crippen LogP contribution in [0.25, 0.3) is 0 Å². The van der Waals surface area contributed by atoms with Crippen LogP contribution < -0.4 is 10.6 Å². The highest BCUT2D eigenvalue weighted by atomic mass is 16.2. The zero-order valence-corrected chi connectivity index (χ0v) is 8.42. The average Bonchev–Trinajstić information content (AvgIpc) is 3.05. The molecular weight excluding hydrogens is 192 g/mol. The van der Waals surface area contributed by atoms with Crippen LogP contribution in [-0.4, -0.2) is 29.0 Å². The average molecular weight is 204 g/mol. The highest BCUT2D eigenvalue weighted by molar-refractivity contribution is 5.98. The maximum atomic E-state index is 11.9. The summed E-state index contributed by atoms with van der Waals surface area (Å²) in [6.07, 6.45) is 4.24. The maximum Gasteiger partial charge on any atom is 0.245 e. The van der Waals surface area contributed by atoms with Gasteiger partial charge < -0.3 is 5.73 Å². The molecule has 2 aliphatic rings. The Labute approximate surface area is 87.3 Å². The molecule has 1 aliphatic heterocycles. The van der Waals surface area contributed by atoms with Gasteiger partial charge in [0.05, 0.1) is 11.7 Å². The normalized spacial score (nSPS) is 33.1. The van der Waals surface area contributed by atoms with E-state index in [2.05, 4.69) is 9.97 Å². The molecule has 0 spiro atoms. The summed E-state index contributed by atoms with van der Waals surface area (Å²) >= 11 is 0. The van der Waals surface area contributed by atoms with Gasteiger partial charge in [-0.2, -0.15) is 0 Å². The number of hydrogen-bond donors (Lipinski definition) is 1. The van der Waals surface area contributed by atoms with Gasteiger partial charge in [0.2, 0.25) is 5.91 Å². The summed E-state index contributed by atoms with van der Waals surface area (Å²) in [4.78, 5) is 21.9. The van der Waals surface area contributed by atoms with Gasteiger partial charge in [0.25, 0.3) is 0 Å². The van der Waals surface area contributed by atoms with Gasteiger partial charge in [-0.05, 0) is 12.3 Å². The van der Waals surface area contributed by atoms with Gasteiger partial charge in [-0.1, -0.05) is 0 Å². The van der Waals surface area contributed by atoms with Crippen molar-refractivity contribution >= 4 is 11.7 Å². The van der Waals surface area contributed by atoms with Crippen molar-refractivity contribution in [3.05, 3.63) is 18.1 Å². The summed E-state index contributed by atoms with van der Waals surface area (Å²) < 4.78 is 0. The van der Waals surface area contributed by atoms with Crippen molar-refractivity contribution in [2.24, 2.45) is 11.7 Å². The number of fused-ring (bicyclic) bond motifs is 3. The topological polar surface area (TPSA) is 72.1 Å². The quantitative estimate of drug-likeness (QED) is 0.639. The van der Waals surface area contributed by atoms with Crippen LogP contribution in [0.1, 0.15) is 18.0 Å². The van der Waals surface area contributed by atoms with E-state index in [9.17, 15) is 4.79 Å². The minimum atomic E-state index is -0.393. The van der Waals surface area contributed by atoms with Gasteiger partial charge in [0, 0.05) is 25.4 Å². The first kappa shape index (κ1) is 8.79. The number of rotatable bonds is 0. The minimum Gasteiger partial charge on any atom is -0.320 e. The summed E-state index contributed by atoms with van der Waals surface area (Å²) in [6.45, 7) is 0. The Hall–Kier alpha value is -1.49. The summed E-state index contributed by atoms with van der Waals surface area (Å²) in [5, 5.41) is 0. The monoisotopic (exact) mass is 204 g/mol. The molecule has 1 aromatic rings. The zero-order chi connectivity index (χ0) is 10.6. The van der Waals surface area contributed by atoms with E-state index < -0.39 is 6.04 Å². The van der Waals surface area contributed by atoms with Crippen LogP contribution in [0.5, 0.6) is 0 Å². The predicted octanol–water partition coefficient (Wildman–Crippen LogP) is -0.116. The van der Waals surface area contributed by atoms with Crippen LogP contribution in [0, 0.1) is 5.92 Å². The van der Waals surface area contributed by atoms with E-state index in [0.29, 0.717) is 11.7 Å². The Morgan fingerprint density at radius 1 is 1.47 bits per heavy atom. The van der Waals surface area contributed by atoms with Crippen molar-refractivity contribution < 1.29 is 4.79 Å². The van der Waals surface area contributed by atoms with E-state index in [4.69, 9.17) is 5.73 Å². The minimum absolute atomic E-state index is 0.0539. The molecule has 0 aromatic carbocycles. The Morgan fingerprint density at radius 3 is 3.00 bits per heavy atom. The molecule has 1 aliphatic carbocycles. The smallest absolute Gasteiger partial charge is 0.245 e. The molecule has 0 saturated heterocycles. The number of anilines is 1. The zero-order valence-electron chi connectivity index (χ0n) is 8.42. The molecule has 78 valence electrons. The van der Waals surface area contributed by atoms with Crippen molar-refractivity contribution in [1.29, 1.82) is 0 Å². The molecule has 5 nitrogen and oxygen atoms in total. The highest BCUT2D eigenvalue weighted by Crippen LogP contribution is 2.52. The number of carbonyl (C=O) groups excluding carboxylic acids is 1. The van der Waals surface area contributed by atoms with Gasteiger partial charge in [-0.25, -0.2) is 4.98 Å². The molecule has 3 rings (SSSR count). The molecule has 2 heterocycles. The summed E-state index contributed by atoms with van der Waals surface area (Å²) in [5.41, 5.74) is 6.81. The third kappa shape index (κ3) is 1.10. The molecule has 5 heteroatoms. The third-order valence-electron chi connectivity index (χ3n) is 3.29. The number of amides is 1. The highest BCUT2D eigenvalue weighted by Gasteiger charge is 2.51. The Morgan fingerprint density at radius 2 is 2.20 bits per heavy atom. The standard InChI is InChI=1S/C10H12N4O/c1-14-9-8(12-2-3-13-9)6-4-5(6)7(11)10(14)15/h2-3,5-7H,4,11H2,1H3/t5-,6+,7-/m0/s1. The van der Waals surface area contributed by atoms with Crippen LogP contribution in [0.15, 0.2) is 12.4 Å². The molecule has 1 saturated carbocycles. The molecule has 1 aromatic heterocycles. The molecule has 0 unspecified atom stereocenters. The Balaban J connectivity index is 2.14. The second-order valence-electron chi connectivity index (χ2n) is 4.19. The largest absolute Gasteiger partial charge is 0.320 e. The van der Waals surface area contributed by atoms with E-state index in [1.165, 1.54) is 4.90 Å². The van der Waals surface area contributed by atoms with Gasteiger partial charge >= 0.3 is 0 Å². The van der Waals surface area contributed by atoms with E-state index in [0.717, 1.165) is 12.1 Å². The number of likely N-dealkylation sites (N-methyl/N-ethyl adjacent to an activating group) is 1. The van der Waals surface area contributed by atoms with Crippen molar-refractivity contribution in [3.8, 4) is 0 Å². The van der Waals surface area contributed by atoms with Gasteiger partial charge in [-0.3, -0.25) is 14.7 Å². The van der Waals surface area contributed by atoms with Crippen molar-refractivity contribution in [1.82, 2.24) is 9.97 Å². The van der Waals surface area contributed by atoms with E-state index in [1.54, 1.807) is 19.4 Å². The van der Waals surface area contributed by atoms with E-state index in [1.807, 2.05) is 0 Å². The second-order valence-corrected chi connectivity index (χ2v) is 4.19. The molecule has 15 heavy (non-hydrogen) atoms. The van der Waals surface area contributed by atoms with Gasteiger partial charge in [-0.15, -0.1) is 0 Å². The van der Waals surface area contributed by atoms with Crippen molar-refractivity contribution in [3.63, 3.8) is 0 Å². The van der Waals surface area contributed by atoms with Gasteiger partial charge in [0.1, 0.15) is 0 Å². The van der Waals surface area contributed by atoms with Crippen LogP contribution in [-0.2, 0) is 4.79 Å². The molecule has 0 bridgehead atoms. The van der Waals surface area contributed by atoms with E-state index in [-0.39, 0.29) is 11.8 Å². The molecule has 1 amide bonds. The fraction of sp³-hybridized carbons (Fsp3) is 0.500. The first-order valence-electron chi connectivity index (χ1n) is 5.04. The number of carbonyl (C=O) groups is 1. The Kier molecular flexibility index (Phi) is 1.62. The van der Waals surface area contributed by atoms with Crippen LogP contribution >= 0.6 is 0 Å². The predicted molar refractivity (Wildman–Crippen MR) is 54.3 cm³/mol. The fourth-order valence-corrected chi connectivity index (χ4v) is 2.30. The van der Waals surface area contributed by atoms with E-state index >= 15 is 0 Å². The van der Waals surface area contributed by atoms with Crippen molar-refractivity contribution in [2.45, 2.75) is 18.4 Å². The molecule has 2 N–H and O–H groups in total. The SMILES string of the molecule is CN1C(=O)[C@@H](N)[C@H]2C[C@H]2c2nccnc21. The first-order valence-corrected chi connectivity index (χ1v) is 5.04. The number of aromatic nitrogens is 2. The maximum absolute atomic E-state index is 11.9. The fourth-order valence-electron chi connectivity index (χ4n) is 2.30. The summed E-state index contributed by atoms with van der Waals surface area (Å²) in [5.74, 6) is 1.21. The summed E-state index contributed by atoms with van der Waals surface area (Å²) in [7, 11) is 1.71. The second kappa shape index (κ2) is 2.76. The van der Waals surface area contributed by atoms with Crippen LogP contribution in [0.3, 0.4) is 0 Å². The van der Waals surface area contributed by atoms with Gasteiger partial charge in [0.15, 0.2) is 5.82 Å². The number of hydrogen-bond acceptors (Lipinski definition) is 4. The molecule has 1 fully saturated rings. The van der Waals surface area contributed by atoms with Crippen LogP contribution in [0.4, 0.5) is 5.82 Å². The third-order valence-corrected chi connectivity index (χ3v) is 3.29. The molecular formula is C10H12N4O. The molecule has 3 atom stereocenters. The number of nitrogens with two attached hydrogens (primary N) is 1. The lowest BCUT2D eigenvalue weighted by molar-refractivity contribution is -0.119. The lowest BCUT2D eigenvalue weighted by Crippen LogP contribution is -2.42. The summed E-state index contributed by atoms with van der Waals surface area (Å²) in [6, 6.07) is -0.393. The van der Waals surface area contributed by atoms with Crippen molar-refractivity contribution in [2.75, 3.05) is 11.9 Å². The lowest BCUT2D eigenvalue weighted by Gasteiger charge is -2.18. The first-order chi connectivity index (χ1) is 7.20. The Bertz CT molecular complexity index is 433. The molecule has 0 radical (unpaired) electrons. The lowest BCUT2D eigenvalue weighted by atomic mass is 10.1. The number of nitrogens with zero attached hydrogens (tertiary/aromatic N) is 3.